The first-order valence-electron chi connectivity index (χ1n) is 9.49. The van der Waals surface area contributed by atoms with Gasteiger partial charge < -0.3 is 14.8 Å². The number of esters is 2. The summed E-state index contributed by atoms with van der Waals surface area (Å²) >= 11 is 0.984. The summed E-state index contributed by atoms with van der Waals surface area (Å²) in [6.45, 7) is 5.39. The molecule has 0 fully saturated rings. The van der Waals surface area contributed by atoms with E-state index in [-0.39, 0.29) is 28.7 Å². The molecule has 0 bridgehead atoms. The van der Waals surface area contributed by atoms with Crippen LogP contribution in [0.3, 0.4) is 0 Å². The van der Waals surface area contributed by atoms with Crippen molar-refractivity contribution in [3.8, 4) is 0 Å². The summed E-state index contributed by atoms with van der Waals surface area (Å²) in [4.78, 5) is 37.6. The Hall–Kier alpha value is -3.39. The second kappa shape index (κ2) is 9.41. The van der Waals surface area contributed by atoms with E-state index in [1.807, 2.05) is 36.4 Å². The summed E-state index contributed by atoms with van der Waals surface area (Å²) in [5.74, 6) is -1.16. The predicted molar refractivity (Wildman–Crippen MR) is 118 cm³/mol. The summed E-state index contributed by atoms with van der Waals surface area (Å²) in [6, 6.07) is 12.7. The Morgan fingerprint density at radius 2 is 1.57 bits per heavy atom. The van der Waals surface area contributed by atoms with Crippen LogP contribution >= 0.6 is 11.3 Å². The number of ether oxygens (including phenoxy) is 2. The highest BCUT2D eigenvalue weighted by atomic mass is 32.1. The highest BCUT2D eigenvalue weighted by molar-refractivity contribution is 7.18. The van der Waals surface area contributed by atoms with Gasteiger partial charge in [0.25, 0.3) is 0 Å². The van der Waals surface area contributed by atoms with Crippen LogP contribution in [-0.4, -0.2) is 31.2 Å². The quantitative estimate of drug-likeness (QED) is 0.528. The van der Waals surface area contributed by atoms with E-state index < -0.39 is 18.0 Å². The van der Waals surface area contributed by atoms with Crippen LogP contribution in [0.4, 0.5) is 15.5 Å². The van der Waals surface area contributed by atoms with Gasteiger partial charge in [-0.3, -0.25) is 5.32 Å². The third kappa shape index (κ3) is 4.44. The first kappa shape index (κ1) is 21.3. The van der Waals surface area contributed by atoms with Crippen LogP contribution in [0.5, 0.6) is 0 Å². The van der Waals surface area contributed by atoms with Gasteiger partial charge in [0.1, 0.15) is 9.88 Å². The molecule has 3 aromatic rings. The lowest BCUT2D eigenvalue weighted by Gasteiger charge is -2.10. The molecular weight excluding hydrogens is 404 g/mol. The zero-order chi connectivity index (χ0) is 21.7. The monoisotopic (exact) mass is 426 g/mol. The number of carbonyl (C=O) groups is 3. The van der Waals surface area contributed by atoms with Crippen LogP contribution in [0.2, 0.25) is 0 Å². The molecule has 1 aromatic heterocycles. The number of nitrogens with one attached hydrogen (secondary N) is 2. The summed E-state index contributed by atoms with van der Waals surface area (Å²) in [6.07, 6.45) is 0. The molecule has 2 amide bonds. The molecule has 0 saturated heterocycles. The number of thiophene rings is 1. The molecule has 0 aliphatic rings. The van der Waals surface area contributed by atoms with E-state index in [1.54, 1.807) is 26.8 Å². The van der Waals surface area contributed by atoms with E-state index in [4.69, 9.17) is 9.47 Å². The predicted octanol–water partition coefficient (Wildman–Crippen LogP) is 5.21. The molecule has 0 saturated carbocycles. The van der Waals surface area contributed by atoms with E-state index in [2.05, 4.69) is 10.6 Å². The molecule has 0 aliphatic heterocycles. The molecule has 0 aliphatic carbocycles. The molecule has 0 radical (unpaired) electrons. The lowest BCUT2D eigenvalue weighted by atomic mass is 10.1. The van der Waals surface area contributed by atoms with Gasteiger partial charge in [-0.15, -0.1) is 11.3 Å². The molecule has 8 heteroatoms. The van der Waals surface area contributed by atoms with Gasteiger partial charge in [0.2, 0.25) is 0 Å². The minimum Gasteiger partial charge on any atom is -0.462 e. The highest BCUT2D eigenvalue weighted by Gasteiger charge is 2.27. The average molecular weight is 426 g/mol. The van der Waals surface area contributed by atoms with Gasteiger partial charge in [-0.2, -0.15) is 0 Å². The normalized spacial score (nSPS) is 10.5. The Kier molecular flexibility index (Phi) is 6.68. The Morgan fingerprint density at radius 3 is 2.30 bits per heavy atom. The fourth-order valence-electron chi connectivity index (χ4n) is 3.03. The fourth-order valence-corrected chi connectivity index (χ4v) is 4.12. The van der Waals surface area contributed by atoms with Gasteiger partial charge in [-0.1, -0.05) is 36.4 Å². The number of amides is 2. The smallest absolute Gasteiger partial charge is 0.348 e. The summed E-state index contributed by atoms with van der Waals surface area (Å²) < 4.78 is 10.2. The van der Waals surface area contributed by atoms with Crippen LogP contribution in [0.1, 0.15) is 39.4 Å². The number of hydrogen-bond donors (Lipinski definition) is 2. The molecule has 30 heavy (non-hydrogen) atoms. The third-order valence-electron chi connectivity index (χ3n) is 4.35. The molecule has 2 N–H and O–H groups in total. The van der Waals surface area contributed by atoms with E-state index in [9.17, 15) is 14.4 Å². The Balaban J connectivity index is 1.90. The maximum Gasteiger partial charge on any atom is 0.348 e. The van der Waals surface area contributed by atoms with Gasteiger partial charge in [0.15, 0.2) is 0 Å². The lowest BCUT2D eigenvalue weighted by molar-refractivity contribution is 0.0527. The fraction of sp³-hybridized carbons (Fsp3) is 0.227. The van der Waals surface area contributed by atoms with Crippen molar-refractivity contribution in [2.45, 2.75) is 20.8 Å². The molecule has 0 spiro atoms. The van der Waals surface area contributed by atoms with Crippen molar-refractivity contribution in [1.82, 2.24) is 0 Å². The van der Waals surface area contributed by atoms with Gasteiger partial charge in [-0.25, -0.2) is 14.4 Å². The van der Waals surface area contributed by atoms with Crippen LogP contribution < -0.4 is 10.6 Å². The minimum absolute atomic E-state index is 0.151. The second-order valence-electron chi connectivity index (χ2n) is 6.31. The van der Waals surface area contributed by atoms with Crippen LogP contribution in [0.25, 0.3) is 10.8 Å². The van der Waals surface area contributed by atoms with E-state index in [0.29, 0.717) is 11.3 Å². The van der Waals surface area contributed by atoms with Crippen LogP contribution in [0, 0.1) is 6.92 Å². The molecular formula is C22H22N2O5S. The highest BCUT2D eigenvalue weighted by Crippen LogP contribution is 2.34. The third-order valence-corrected chi connectivity index (χ3v) is 5.54. The SMILES string of the molecule is CCOC(=O)c1sc(NC(=O)Nc2cccc3ccccc23)c(C(=O)OCC)c1C. The van der Waals surface area contributed by atoms with Crippen molar-refractivity contribution in [3.05, 3.63) is 58.5 Å². The number of urea groups is 1. The lowest BCUT2D eigenvalue weighted by Crippen LogP contribution is -2.20. The molecule has 2 aromatic carbocycles. The maximum absolute atomic E-state index is 12.7. The molecule has 7 nitrogen and oxygen atoms in total. The standard InChI is InChI=1S/C22H22N2O5S/c1-4-28-20(25)17-13(3)18(21(26)29-5-2)30-19(17)24-22(27)23-16-12-8-10-14-9-6-7-11-15(14)16/h6-12H,4-5H2,1-3H3,(H2,23,24,27). The van der Waals surface area contributed by atoms with Crippen LogP contribution in [0.15, 0.2) is 42.5 Å². The zero-order valence-electron chi connectivity index (χ0n) is 16.9. The second-order valence-corrected chi connectivity index (χ2v) is 7.33. The number of rotatable bonds is 6. The summed E-state index contributed by atoms with van der Waals surface area (Å²) in [5, 5.41) is 7.58. The van der Waals surface area contributed by atoms with Gasteiger partial charge in [-0.05, 0) is 37.8 Å². The first-order valence-corrected chi connectivity index (χ1v) is 10.3. The zero-order valence-corrected chi connectivity index (χ0v) is 17.7. The topological polar surface area (TPSA) is 93.7 Å². The van der Waals surface area contributed by atoms with E-state index >= 15 is 0 Å². The Labute approximate surface area is 178 Å². The van der Waals surface area contributed by atoms with E-state index in [1.165, 1.54) is 0 Å². The molecule has 0 unspecified atom stereocenters. The average Bonchev–Trinajstić information content (AvgIpc) is 3.04. The molecule has 1 heterocycles. The maximum atomic E-state index is 12.7. The number of benzene rings is 2. The number of hydrogen-bond acceptors (Lipinski definition) is 6. The number of fused-ring (bicyclic) bond motifs is 1. The van der Waals surface area contributed by atoms with Gasteiger partial charge >= 0.3 is 18.0 Å². The van der Waals surface area contributed by atoms with Crippen molar-refractivity contribution in [2.75, 3.05) is 23.8 Å². The van der Waals surface area contributed by atoms with Crippen molar-refractivity contribution in [3.63, 3.8) is 0 Å². The number of carbonyl (C=O) groups excluding carboxylic acids is 3. The minimum atomic E-state index is -0.609. The molecule has 3 rings (SSSR count). The molecule has 156 valence electrons. The molecule has 0 atom stereocenters. The number of anilines is 2. The van der Waals surface area contributed by atoms with Crippen LogP contribution in [-0.2, 0) is 9.47 Å². The summed E-state index contributed by atoms with van der Waals surface area (Å²) in [7, 11) is 0. The van der Waals surface area contributed by atoms with E-state index in [0.717, 1.165) is 22.1 Å². The van der Waals surface area contributed by atoms with Crippen molar-refractivity contribution in [1.29, 1.82) is 0 Å². The van der Waals surface area contributed by atoms with Gasteiger partial charge in [0.05, 0.1) is 24.5 Å². The Bertz CT molecular complexity index is 1100. The van der Waals surface area contributed by atoms with Crippen molar-refractivity contribution >= 4 is 50.8 Å². The van der Waals surface area contributed by atoms with Crippen molar-refractivity contribution in [2.24, 2.45) is 0 Å². The van der Waals surface area contributed by atoms with Gasteiger partial charge in [0, 0.05) is 5.39 Å². The van der Waals surface area contributed by atoms with Crippen molar-refractivity contribution < 1.29 is 23.9 Å². The first-order chi connectivity index (χ1) is 14.5. The Morgan fingerprint density at radius 1 is 0.900 bits per heavy atom. The summed E-state index contributed by atoms with van der Waals surface area (Å²) in [5.41, 5.74) is 1.19. The largest absolute Gasteiger partial charge is 0.462 e.